The minimum atomic E-state index is -3.83. The second-order valence-electron chi connectivity index (χ2n) is 2.54. The Hall–Kier alpha value is -2.59. The van der Waals surface area contributed by atoms with Crippen molar-refractivity contribution in [3.05, 3.63) is 60.9 Å². The van der Waals surface area contributed by atoms with E-state index in [0.717, 1.165) is 0 Å². The lowest BCUT2D eigenvalue weighted by molar-refractivity contribution is -0.939. The molecule has 0 aromatic carbocycles. The van der Waals surface area contributed by atoms with E-state index in [0.29, 0.717) is 0 Å². The van der Waals surface area contributed by atoms with E-state index in [2.05, 4.69) is 12.8 Å². The van der Waals surface area contributed by atoms with Crippen LogP contribution in [-0.2, 0) is 0 Å². The van der Waals surface area contributed by atoms with Gasteiger partial charge < -0.3 is 0 Å². The van der Waals surface area contributed by atoms with E-state index in [1.165, 1.54) is 0 Å². The SMILES string of the molecule is [B-]C([N+](=O)[O-])([N+](=O)[O-])[N+](=O)[O-].c1cc[nH+]cc1. The quantitative estimate of drug-likeness (QED) is 0.290. The first-order chi connectivity index (χ1) is 7.83. The van der Waals surface area contributed by atoms with E-state index in [9.17, 15) is 30.3 Å². The highest BCUT2D eigenvalue weighted by Gasteiger charge is 2.48. The average molecular weight is 241 g/mol. The minimum Gasteiger partial charge on any atom is -0.264 e. The number of hydrogen-bond donors (Lipinski definition) is 0. The number of aromatic amines is 1. The number of nitrogens with zero attached hydrogens (tertiary/aromatic N) is 3. The summed E-state index contributed by atoms with van der Waals surface area (Å²) in [6, 6.07) is 5.86. The van der Waals surface area contributed by atoms with Crippen molar-refractivity contribution in [3.8, 4) is 0 Å². The normalized spacial score (nSPS) is 9.71. The minimum absolute atomic E-state index is 1.78. The molecule has 0 aliphatic carbocycles. The fraction of sp³-hybridized carbons (Fsp3) is 0.167. The number of nitrogens with one attached hydrogen (secondary N) is 1. The van der Waals surface area contributed by atoms with Crippen molar-refractivity contribution in [1.29, 1.82) is 0 Å². The molecule has 1 rings (SSSR count). The van der Waals surface area contributed by atoms with Gasteiger partial charge in [-0.15, -0.1) is 0 Å². The summed E-state index contributed by atoms with van der Waals surface area (Å²) < 4.78 is 0. The molecule has 11 heteroatoms. The maximum absolute atomic E-state index is 9.70. The van der Waals surface area contributed by atoms with E-state index < -0.39 is 20.5 Å². The van der Waals surface area contributed by atoms with Crippen LogP contribution in [0.4, 0.5) is 0 Å². The van der Waals surface area contributed by atoms with Crippen LogP contribution in [0.5, 0.6) is 0 Å². The van der Waals surface area contributed by atoms with E-state index >= 15 is 0 Å². The first kappa shape index (κ1) is 14.4. The average Bonchev–Trinajstić information content (AvgIpc) is 2.30. The van der Waals surface area contributed by atoms with Crippen molar-refractivity contribution in [2.24, 2.45) is 0 Å². The third kappa shape index (κ3) is 3.81. The van der Waals surface area contributed by atoms with Crippen LogP contribution >= 0.6 is 0 Å². The van der Waals surface area contributed by atoms with Crippen LogP contribution in [0.1, 0.15) is 0 Å². The molecule has 0 spiro atoms. The van der Waals surface area contributed by atoms with Crippen molar-refractivity contribution >= 4 is 7.85 Å². The number of rotatable bonds is 3. The molecule has 0 aliphatic heterocycles. The molecule has 10 nitrogen and oxygen atoms in total. The van der Waals surface area contributed by atoms with Crippen LogP contribution in [0.3, 0.4) is 0 Å². The predicted octanol–water partition coefficient (Wildman–Crippen LogP) is -0.903. The lowest BCUT2D eigenvalue weighted by atomic mass is 9.99. The number of nitro groups is 3. The summed E-state index contributed by atoms with van der Waals surface area (Å²) in [6.07, 6.45) is 3.75. The van der Waals surface area contributed by atoms with Crippen molar-refractivity contribution in [2.45, 2.75) is 5.69 Å². The summed E-state index contributed by atoms with van der Waals surface area (Å²) in [4.78, 5) is 26.6. The molecule has 3 radical (unpaired) electrons. The van der Waals surface area contributed by atoms with Gasteiger partial charge in [0.2, 0.25) is 0 Å². The number of pyridine rings is 1. The standard InChI is InChI=1S/C5H5N.CBN3O6/c1-2-4-6-5-3-1;2-1(3(6)7,4(8)9)5(10)11/h1-5H;/q;-1/p+1. The molecule has 1 heterocycles. The van der Waals surface area contributed by atoms with Crippen molar-refractivity contribution < 1.29 is 19.8 Å². The summed E-state index contributed by atoms with van der Waals surface area (Å²) in [6.45, 7) is 0. The highest BCUT2D eigenvalue weighted by atomic mass is 16.7. The Morgan fingerprint density at radius 2 is 1.24 bits per heavy atom. The van der Waals surface area contributed by atoms with Crippen LogP contribution in [0.2, 0.25) is 0 Å². The molecule has 0 bridgehead atoms. The second-order valence-corrected chi connectivity index (χ2v) is 2.54. The van der Waals surface area contributed by atoms with Crippen molar-refractivity contribution in [1.82, 2.24) is 0 Å². The summed E-state index contributed by atoms with van der Waals surface area (Å²) in [5.74, 6) is 0. The summed E-state index contributed by atoms with van der Waals surface area (Å²) in [5.41, 5.74) is -3.83. The van der Waals surface area contributed by atoms with Gasteiger partial charge in [0.05, 0.1) is 0 Å². The maximum Gasteiger partial charge on any atom is 0.449 e. The zero-order chi connectivity index (χ0) is 13.5. The predicted molar refractivity (Wildman–Crippen MR) is 52.5 cm³/mol. The highest BCUT2D eigenvalue weighted by molar-refractivity contribution is 6.11. The van der Waals surface area contributed by atoms with Gasteiger partial charge in [-0.3, -0.25) is 38.2 Å². The fourth-order valence-electron chi connectivity index (χ4n) is 0.542. The Morgan fingerprint density at radius 1 is 0.882 bits per heavy atom. The Labute approximate surface area is 95.1 Å². The highest BCUT2D eigenvalue weighted by Crippen LogP contribution is 2.05. The molecule has 0 amide bonds. The monoisotopic (exact) mass is 241 g/mol. The van der Waals surface area contributed by atoms with Crippen LogP contribution < -0.4 is 4.98 Å². The van der Waals surface area contributed by atoms with Crippen LogP contribution in [-0.4, -0.2) is 28.3 Å². The molecule has 0 saturated heterocycles. The van der Waals surface area contributed by atoms with Crippen molar-refractivity contribution in [3.63, 3.8) is 0 Å². The molecule has 17 heavy (non-hydrogen) atoms. The van der Waals surface area contributed by atoms with Gasteiger partial charge in [0.1, 0.15) is 14.8 Å². The van der Waals surface area contributed by atoms with E-state index in [1.807, 2.05) is 30.6 Å². The largest absolute Gasteiger partial charge is 0.449 e. The molecule has 0 fully saturated rings. The Morgan fingerprint density at radius 3 is 1.29 bits per heavy atom. The fourth-order valence-corrected chi connectivity index (χ4v) is 0.542. The Balaban J connectivity index is 0.000000354. The van der Waals surface area contributed by atoms with Gasteiger partial charge in [-0.25, -0.2) is 4.98 Å². The Bertz CT molecular complexity index is 349. The van der Waals surface area contributed by atoms with E-state index in [1.54, 1.807) is 0 Å². The first-order valence-electron chi connectivity index (χ1n) is 3.97. The maximum atomic E-state index is 9.70. The van der Waals surface area contributed by atoms with Crippen molar-refractivity contribution in [2.75, 3.05) is 0 Å². The molecular weight excluding hydrogens is 235 g/mol. The van der Waals surface area contributed by atoms with Gasteiger partial charge in [0.15, 0.2) is 12.4 Å². The molecule has 0 unspecified atom stereocenters. The van der Waals surface area contributed by atoms with Gasteiger partial charge >= 0.3 is 5.69 Å². The third-order valence-corrected chi connectivity index (χ3v) is 1.41. The van der Waals surface area contributed by atoms with Crippen LogP contribution in [0.25, 0.3) is 0 Å². The summed E-state index contributed by atoms with van der Waals surface area (Å²) in [5, 5.41) is 29.1. The Kier molecular flexibility index (Phi) is 5.17. The number of H-pyrrole nitrogens is 1. The zero-order valence-electron chi connectivity index (χ0n) is 8.26. The molecule has 1 aromatic rings. The molecule has 0 aliphatic rings. The molecule has 0 atom stereocenters. The van der Waals surface area contributed by atoms with E-state index in [-0.39, 0.29) is 0 Å². The first-order valence-corrected chi connectivity index (χ1v) is 3.97. The summed E-state index contributed by atoms with van der Waals surface area (Å²) in [7, 11) is 4.23. The second kappa shape index (κ2) is 6.10. The topological polar surface area (TPSA) is 144 Å². The molecule has 89 valence electrons. The zero-order valence-corrected chi connectivity index (χ0v) is 8.26. The van der Waals surface area contributed by atoms with Gasteiger partial charge in [-0.1, -0.05) is 6.07 Å². The molecular formula is C6H6BN4O6. The van der Waals surface area contributed by atoms with Gasteiger partial charge in [-0.05, 0) is 0 Å². The molecule has 1 N–H and O–H groups in total. The molecule has 0 saturated carbocycles. The van der Waals surface area contributed by atoms with Crippen LogP contribution in [0.15, 0.2) is 30.6 Å². The third-order valence-electron chi connectivity index (χ3n) is 1.41. The number of aromatic nitrogens is 1. The lowest BCUT2D eigenvalue weighted by Gasteiger charge is -2.14. The number of hydrogen-bond acceptors (Lipinski definition) is 6. The van der Waals surface area contributed by atoms with Gasteiger partial charge in [0, 0.05) is 12.1 Å². The van der Waals surface area contributed by atoms with Gasteiger partial charge in [0.25, 0.3) is 0 Å². The smallest absolute Gasteiger partial charge is 0.264 e. The molecule has 1 aromatic heterocycles. The van der Waals surface area contributed by atoms with Gasteiger partial charge in [-0.2, -0.15) is 0 Å². The summed E-state index contributed by atoms with van der Waals surface area (Å²) >= 11 is 0. The van der Waals surface area contributed by atoms with Crippen LogP contribution in [0, 0.1) is 30.3 Å². The van der Waals surface area contributed by atoms with E-state index in [4.69, 9.17) is 0 Å². The lowest BCUT2D eigenvalue weighted by Crippen LogP contribution is -2.53.